The van der Waals surface area contributed by atoms with Gasteiger partial charge >= 0.3 is 0 Å². The van der Waals surface area contributed by atoms with Crippen LogP contribution in [0.3, 0.4) is 0 Å². The number of rotatable bonds is 6. The number of hydrogen-bond acceptors (Lipinski definition) is 3. The Hall–Kier alpha value is -1.00. The highest BCUT2D eigenvalue weighted by molar-refractivity contribution is 7.80. The topological polar surface area (TPSA) is 44.5 Å². The molecule has 0 bridgehead atoms. The summed E-state index contributed by atoms with van der Waals surface area (Å²) in [5.41, 5.74) is 6.25. The molecule has 5 heteroatoms. The third-order valence-corrected chi connectivity index (χ3v) is 2.56. The number of nitrogens with two attached hydrogens (primary N) is 1. The summed E-state index contributed by atoms with van der Waals surface area (Å²) in [6, 6.07) is 3.44. The molecule has 0 aliphatic rings. The van der Waals surface area contributed by atoms with Gasteiger partial charge in [0, 0.05) is 5.56 Å². The minimum atomic E-state index is 0.287. The maximum Gasteiger partial charge on any atom is 0.179 e. The van der Waals surface area contributed by atoms with Gasteiger partial charge in [-0.2, -0.15) is 0 Å². The Kier molecular flexibility index (Phi) is 5.51. The standard InChI is InChI=1S/C12H16ClNO2S/c1-3-5-16-11-9(13)6-8(12(14)17)7-10(11)15-4-2/h6-7H,3-5H2,1-2H3,(H2,14,17). The molecule has 0 saturated heterocycles. The van der Waals surface area contributed by atoms with Gasteiger partial charge in [0.25, 0.3) is 0 Å². The molecule has 1 aromatic carbocycles. The van der Waals surface area contributed by atoms with Crippen LogP contribution < -0.4 is 15.2 Å². The quantitative estimate of drug-likeness (QED) is 0.809. The van der Waals surface area contributed by atoms with E-state index in [9.17, 15) is 0 Å². The van der Waals surface area contributed by atoms with Crippen LogP contribution in [0.1, 0.15) is 25.8 Å². The summed E-state index contributed by atoms with van der Waals surface area (Å²) >= 11 is 11.0. The monoisotopic (exact) mass is 273 g/mol. The fraction of sp³-hybridized carbons (Fsp3) is 0.417. The van der Waals surface area contributed by atoms with Crippen molar-refractivity contribution in [1.29, 1.82) is 0 Å². The summed E-state index contributed by atoms with van der Waals surface area (Å²) in [7, 11) is 0. The van der Waals surface area contributed by atoms with Gasteiger partial charge in [-0.15, -0.1) is 0 Å². The van der Waals surface area contributed by atoms with Crippen LogP contribution in [0.15, 0.2) is 12.1 Å². The Labute approximate surface area is 112 Å². The molecule has 0 amide bonds. The van der Waals surface area contributed by atoms with Crippen molar-refractivity contribution in [3.05, 3.63) is 22.7 Å². The molecule has 94 valence electrons. The molecule has 0 atom stereocenters. The molecule has 17 heavy (non-hydrogen) atoms. The molecule has 2 N–H and O–H groups in total. The summed E-state index contributed by atoms with van der Waals surface area (Å²) in [4.78, 5) is 0.287. The Bertz CT molecular complexity index is 410. The maximum atomic E-state index is 6.13. The second-order valence-electron chi connectivity index (χ2n) is 3.43. The van der Waals surface area contributed by atoms with Crippen LogP contribution in [0, 0.1) is 0 Å². The molecule has 0 radical (unpaired) electrons. The summed E-state index contributed by atoms with van der Waals surface area (Å²) in [6.45, 7) is 5.04. The van der Waals surface area contributed by atoms with E-state index in [0.717, 1.165) is 6.42 Å². The van der Waals surface area contributed by atoms with E-state index in [1.807, 2.05) is 13.8 Å². The normalized spacial score (nSPS) is 10.1. The van der Waals surface area contributed by atoms with Crippen molar-refractivity contribution in [3.63, 3.8) is 0 Å². The van der Waals surface area contributed by atoms with Crippen LogP contribution >= 0.6 is 23.8 Å². The third kappa shape index (κ3) is 3.75. The van der Waals surface area contributed by atoms with Gasteiger partial charge in [-0.05, 0) is 25.5 Å². The number of hydrogen-bond donors (Lipinski definition) is 1. The van der Waals surface area contributed by atoms with E-state index in [1.165, 1.54) is 0 Å². The van der Waals surface area contributed by atoms with Crippen molar-refractivity contribution in [1.82, 2.24) is 0 Å². The second-order valence-corrected chi connectivity index (χ2v) is 4.28. The van der Waals surface area contributed by atoms with E-state index in [4.69, 9.17) is 39.0 Å². The SMILES string of the molecule is CCCOc1c(Cl)cc(C(N)=S)cc1OCC. The maximum absolute atomic E-state index is 6.13. The largest absolute Gasteiger partial charge is 0.490 e. The summed E-state index contributed by atoms with van der Waals surface area (Å²) < 4.78 is 11.0. The number of halogens is 1. The van der Waals surface area contributed by atoms with Gasteiger partial charge in [-0.1, -0.05) is 30.7 Å². The van der Waals surface area contributed by atoms with Crippen LogP contribution in [0.5, 0.6) is 11.5 Å². The molecule has 0 aliphatic heterocycles. The molecular weight excluding hydrogens is 258 g/mol. The van der Waals surface area contributed by atoms with Crippen LogP contribution in [0.2, 0.25) is 5.02 Å². The van der Waals surface area contributed by atoms with Crippen molar-refractivity contribution in [2.24, 2.45) is 5.73 Å². The highest BCUT2D eigenvalue weighted by Crippen LogP contribution is 2.36. The van der Waals surface area contributed by atoms with Crippen molar-refractivity contribution in [2.75, 3.05) is 13.2 Å². The Morgan fingerprint density at radius 3 is 2.59 bits per heavy atom. The fourth-order valence-corrected chi connectivity index (χ4v) is 1.70. The van der Waals surface area contributed by atoms with E-state index in [-0.39, 0.29) is 4.99 Å². The van der Waals surface area contributed by atoms with Gasteiger partial charge in [0.2, 0.25) is 0 Å². The van der Waals surface area contributed by atoms with Crippen molar-refractivity contribution in [3.8, 4) is 11.5 Å². The van der Waals surface area contributed by atoms with Gasteiger partial charge in [0.05, 0.1) is 18.2 Å². The smallest absolute Gasteiger partial charge is 0.179 e. The third-order valence-electron chi connectivity index (χ3n) is 2.04. The van der Waals surface area contributed by atoms with E-state index >= 15 is 0 Å². The lowest BCUT2D eigenvalue weighted by molar-refractivity contribution is 0.277. The molecule has 1 rings (SSSR count). The van der Waals surface area contributed by atoms with E-state index in [2.05, 4.69) is 0 Å². The molecule has 0 heterocycles. The molecule has 1 aromatic rings. The van der Waals surface area contributed by atoms with Gasteiger partial charge in [0.1, 0.15) is 4.99 Å². The molecule has 0 spiro atoms. The first-order valence-corrected chi connectivity index (χ1v) is 6.27. The minimum absolute atomic E-state index is 0.287. The summed E-state index contributed by atoms with van der Waals surface area (Å²) in [5.74, 6) is 1.13. The summed E-state index contributed by atoms with van der Waals surface area (Å²) in [5, 5.41) is 0.465. The zero-order valence-corrected chi connectivity index (χ0v) is 11.5. The highest BCUT2D eigenvalue weighted by Gasteiger charge is 2.13. The first-order chi connectivity index (χ1) is 8.10. The molecule has 3 nitrogen and oxygen atoms in total. The van der Waals surface area contributed by atoms with Crippen molar-refractivity contribution in [2.45, 2.75) is 20.3 Å². The van der Waals surface area contributed by atoms with Crippen LogP contribution in [-0.2, 0) is 0 Å². The lowest BCUT2D eigenvalue weighted by Crippen LogP contribution is -2.10. The Morgan fingerprint density at radius 1 is 1.35 bits per heavy atom. The number of ether oxygens (including phenoxy) is 2. The van der Waals surface area contributed by atoms with E-state index < -0.39 is 0 Å². The predicted octanol–water partition coefficient (Wildman–Crippen LogP) is 3.16. The van der Waals surface area contributed by atoms with Crippen molar-refractivity contribution < 1.29 is 9.47 Å². The molecule has 0 aliphatic carbocycles. The molecular formula is C12H16ClNO2S. The zero-order valence-electron chi connectivity index (χ0n) is 9.96. The zero-order chi connectivity index (χ0) is 12.8. The van der Waals surface area contributed by atoms with Gasteiger partial charge in [-0.25, -0.2) is 0 Å². The highest BCUT2D eigenvalue weighted by atomic mass is 35.5. The number of thiocarbonyl (C=S) groups is 1. The Morgan fingerprint density at radius 2 is 2.06 bits per heavy atom. The molecule has 0 unspecified atom stereocenters. The Balaban J connectivity index is 3.12. The van der Waals surface area contributed by atoms with E-state index in [0.29, 0.717) is 35.3 Å². The van der Waals surface area contributed by atoms with Crippen molar-refractivity contribution >= 4 is 28.8 Å². The van der Waals surface area contributed by atoms with E-state index in [1.54, 1.807) is 12.1 Å². The summed E-state index contributed by atoms with van der Waals surface area (Å²) in [6.07, 6.45) is 0.902. The van der Waals surface area contributed by atoms with Crippen LogP contribution in [-0.4, -0.2) is 18.2 Å². The van der Waals surface area contributed by atoms with Gasteiger partial charge in [0.15, 0.2) is 11.5 Å². The average molecular weight is 274 g/mol. The lowest BCUT2D eigenvalue weighted by atomic mass is 10.2. The first-order valence-electron chi connectivity index (χ1n) is 5.49. The van der Waals surface area contributed by atoms with Gasteiger partial charge in [-0.3, -0.25) is 0 Å². The first kappa shape index (κ1) is 14.1. The van der Waals surface area contributed by atoms with Gasteiger partial charge < -0.3 is 15.2 Å². The average Bonchev–Trinajstić information content (AvgIpc) is 2.28. The van der Waals surface area contributed by atoms with Crippen LogP contribution in [0.4, 0.5) is 0 Å². The molecule has 0 saturated carbocycles. The minimum Gasteiger partial charge on any atom is -0.490 e. The fourth-order valence-electron chi connectivity index (χ4n) is 1.32. The predicted molar refractivity (Wildman–Crippen MR) is 74.3 cm³/mol. The molecule has 0 aromatic heterocycles. The van der Waals surface area contributed by atoms with Crippen LogP contribution in [0.25, 0.3) is 0 Å². The number of benzene rings is 1. The molecule has 0 fully saturated rings. The second kappa shape index (κ2) is 6.67. The lowest BCUT2D eigenvalue weighted by Gasteiger charge is -2.14.